The molecule has 0 amide bonds. The number of hydrogen-bond donors (Lipinski definition) is 0. The Morgan fingerprint density at radius 2 is 1.62 bits per heavy atom. The molecular formula is C19H12F6N6O. The number of rotatable bonds is 4. The maximum Gasteiger partial charge on any atom is 0.416 e. The van der Waals surface area contributed by atoms with Gasteiger partial charge in [0.05, 0.1) is 23.2 Å². The molecule has 0 saturated carbocycles. The van der Waals surface area contributed by atoms with Crippen LogP contribution in [0.1, 0.15) is 16.7 Å². The monoisotopic (exact) mass is 454 g/mol. The summed E-state index contributed by atoms with van der Waals surface area (Å²) in [6.07, 6.45) is -3.10. The minimum absolute atomic E-state index is 0.0451. The zero-order chi connectivity index (χ0) is 22.9. The van der Waals surface area contributed by atoms with E-state index >= 15 is 0 Å². The van der Waals surface area contributed by atoms with Gasteiger partial charge in [0.25, 0.3) is 0 Å². The van der Waals surface area contributed by atoms with Gasteiger partial charge < -0.3 is 4.74 Å². The number of benzene rings is 1. The third kappa shape index (κ3) is 4.60. The van der Waals surface area contributed by atoms with Gasteiger partial charge in [0.2, 0.25) is 5.90 Å². The minimum atomic E-state index is -4.98. The molecule has 13 heteroatoms. The molecule has 7 nitrogen and oxygen atoms in total. The predicted molar refractivity (Wildman–Crippen MR) is 99.9 cm³/mol. The maximum absolute atomic E-state index is 13.1. The molecule has 32 heavy (non-hydrogen) atoms. The van der Waals surface area contributed by atoms with Gasteiger partial charge in [-0.25, -0.2) is 24.6 Å². The zero-order valence-corrected chi connectivity index (χ0v) is 15.9. The van der Waals surface area contributed by atoms with E-state index in [9.17, 15) is 26.3 Å². The average Bonchev–Trinajstić information content (AvgIpc) is 3.43. The van der Waals surface area contributed by atoms with Crippen LogP contribution in [0.5, 0.6) is 0 Å². The average molecular weight is 454 g/mol. The van der Waals surface area contributed by atoms with E-state index in [-0.39, 0.29) is 17.8 Å². The molecule has 0 saturated heterocycles. The van der Waals surface area contributed by atoms with Gasteiger partial charge >= 0.3 is 12.4 Å². The molecule has 4 rings (SSSR count). The van der Waals surface area contributed by atoms with Crippen LogP contribution in [0.4, 0.5) is 26.3 Å². The van der Waals surface area contributed by atoms with Gasteiger partial charge in [-0.2, -0.15) is 26.3 Å². The first-order chi connectivity index (χ1) is 15.1. The summed E-state index contributed by atoms with van der Waals surface area (Å²) in [7, 11) is 0. The molecule has 0 aliphatic carbocycles. The third-order valence-electron chi connectivity index (χ3n) is 4.30. The molecule has 0 radical (unpaired) electrons. The van der Waals surface area contributed by atoms with Crippen molar-refractivity contribution in [2.45, 2.75) is 12.4 Å². The number of ether oxygens (including phenoxy) is 1. The highest BCUT2D eigenvalue weighted by atomic mass is 19.4. The summed E-state index contributed by atoms with van der Waals surface area (Å²) in [5.74, 6) is -0.0499. The molecule has 1 aliphatic heterocycles. The topological polar surface area (TPSA) is 78.1 Å². The first kappa shape index (κ1) is 21.5. The fraction of sp³-hybridized carbons (Fsp3) is 0.211. The molecule has 166 valence electrons. The Morgan fingerprint density at radius 3 is 2.19 bits per heavy atom. The third-order valence-corrected chi connectivity index (χ3v) is 4.30. The molecule has 3 aromatic rings. The molecule has 0 atom stereocenters. The van der Waals surface area contributed by atoms with E-state index in [2.05, 4.69) is 25.0 Å². The van der Waals surface area contributed by atoms with E-state index < -0.39 is 29.0 Å². The highest BCUT2D eigenvalue weighted by Gasteiger charge is 2.37. The Kier molecular flexibility index (Phi) is 5.40. The van der Waals surface area contributed by atoms with Crippen molar-refractivity contribution in [3.8, 4) is 11.4 Å². The Balaban J connectivity index is 1.76. The van der Waals surface area contributed by atoms with E-state index in [1.54, 1.807) is 0 Å². The number of aliphatic imine (C=N–C) groups is 1. The summed E-state index contributed by atoms with van der Waals surface area (Å²) in [4.78, 5) is 15.9. The molecule has 3 heterocycles. The Hall–Kier alpha value is -3.77. The van der Waals surface area contributed by atoms with Crippen molar-refractivity contribution in [2.75, 3.05) is 13.2 Å². The second-order valence-electron chi connectivity index (χ2n) is 6.55. The molecular weight excluding hydrogens is 442 g/mol. The number of alkyl halides is 6. The highest BCUT2D eigenvalue weighted by molar-refractivity contribution is 6.23. The van der Waals surface area contributed by atoms with E-state index in [1.165, 1.54) is 24.9 Å². The lowest BCUT2D eigenvalue weighted by Crippen LogP contribution is -2.11. The largest absolute Gasteiger partial charge is 0.475 e. The summed E-state index contributed by atoms with van der Waals surface area (Å²) in [6, 6.07) is 1.17. The van der Waals surface area contributed by atoms with Crippen LogP contribution < -0.4 is 0 Å². The summed E-state index contributed by atoms with van der Waals surface area (Å²) in [5.41, 5.74) is -2.41. The second-order valence-corrected chi connectivity index (χ2v) is 6.55. The standard InChI is InChI=1S/C19H12F6N6O/c20-18(21,22)13-3-11(4-14(5-13)19(23,24)25)16-29-10-31(30-16)8-15(17-28-1-2-32-17)12-6-26-9-27-7-12/h3-10H,1-2H2. The Bertz CT molecular complexity index is 1150. The molecule has 0 fully saturated rings. The highest BCUT2D eigenvalue weighted by Crippen LogP contribution is 2.38. The van der Waals surface area contributed by atoms with Crippen molar-refractivity contribution in [2.24, 2.45) is 4.99 Å². The van der Waals surface area contributed by atoms with Gasteiger partial charge in [-0.15, -0.1) is 5.10 Å². The Labute approximate surface area is 176 Å². The molecule has 2 aromatic heterocycles. The first-order valence-corrected chi connectivity index (χ1v) is 8.97. The predicted octanol–water partition coefficient (Wildman–Crippen LogP) is 4.20. The van der Waals surface area contributed by atoms with E-state index in [1.807, 2.05) is 0 Å². The van der Waals surface area contributed by atoms with Gasteiger partial charge in [-0.3, -0.25) is 0 Å². The number of halogens is 6. The smallest absolute Gasteiger partial charge is 0.416 e. The van der Waals surface area contributed by atoms with Crippen molar-refractivity contribution in [1.82, 2.24) is 24.7 Å². The van der Waals surface area contributed by atoms with Crippen molar-refractivity contribution >= 4 is 17.7 Å². The van der Waals surface area contributed by atoms with Gasteiger partial charge in [0.15, 0.2) is 5.82 Å². The lowest BCUT2D eigenvalue weighted by atomic mass is 10.0. The SMILES string of the molecule is FC(F)(F)c1cc(-c2ncn(C=C(C3=NCCO3)c3cncnc3)n2)cc(C(F)(F)F)c1. The van der Waals surface area contributed by atoms with Crippen LogP contribution >= 0.6 is 0 Å². The molecule has 0 unspecified atom stereocenters. The van der Waals surface area contributed by atoms with Gasteiger partial charge in [0, 0.05) is 29.7 Å². The fourth-order valence-corrected chi connectivity index (χ4v) is 2.88. The molecule has 1 aliphatic rings. The number of aromatic nitrogens is 5. The summed E-state index contributed by atoms with van der Waals surface area (Å²) in [5, 5.41) is 4.01. The van der Waals surface area contributed by atoms with E-state index in [0.717, 1.165) is 11.0 Å². The van der Waals surface area contributed by atoms with Gasteiger partial charge in [0.1, 0.15) is 19.3 Å². The Morgan fingerprint density at radius 1 is 0.969 bits per heavy atom. The van der Waals surface area contributed by atoms with Crippen molar-refractivity contribution in [3.63, 3.8) is 0 Å². The molecule has 0 bridgehead atoms. The number of nitrogens with zero attached hydrogens (tertiary/aromatic N) is 6. The lowest BCUT2D eigenvalue weighted by molar-refractivity contribution is -0.143. The van der Waals surface area contributed by atoms with Crippen LogP contribution in [-0.2, 0) is 17.1 Å². The lowest BCUT2D eigenvalue weighted by Gasteiger charge is -2.13. The quantitative estimate of drug-likeness (QED) is 0.553. The van der Waals surface area contributed by atoms with Crippen LogP contribution in [-0.4, -0.2) is 43.8 Å². The zero-order valence-electron chi connectivity index (χ0n) is 15.9. The maximum atomic E-state index is 13.1. The van der Waals surface area contributed by atoms with Crippen LogP contribution in [0.25, 0.3) is 23.2 Å². The van der Waals surface area contributed by atoms with E-state index in [0.29, 0.717) is 36.4 Å². The van der Waals surface area contributed by atoms with Crippen LogP contribution in [0.3, 0.4) is 0 Å². The van der Waals surface area contributed by atoms with Gasteiger partial charge in [-0.1, -0.05) is 0 Å². The van der Waals surface area contributed by atoms with Crippen molar-refractivity contribution < 1.29 is 31.1 Å². The van der Waals surface area contributed by atoms with E-state index in [4.69, 9.17) is 4.74 Å². The molecule has 0 N–H and O–H groups in total. The van der Waals surface area contributed by atoms with Gasteiger partial charge in [-0.05, 0) is 18.2 Å². The first-order valence-electron chi connectivity index (χ1n) is 8.97. The summed E-state index contributed by atoms with van der Waals surface area (Å²) >= 11 is 0. The second kappa shape index (κ2) is 8.05. The van der Waals surface area contributed by atoms with Crippen molar-refractivity contribution in [3.05, 3.63) is 59.9 Å². The summed E-state index contributed by atoms with van der Waals surface area (Å²) in [6.45, 7) is 0.779. The summed E-state index contributed by atoms with van der Waals surface area (Å²) < 4.78 is 85.4. The molecule has 1 aromatic carbocycles. The normalized spacial score (nSPS) is 14.9. The van der Waals surface area contributed by atoms with Crippen LogP contribution in [0.15, 0.2) is 48.2 Å². The number of hydrogen-bond acceptors (Lipinski definition) is 6. The van der Waals surface area contributed by atoms with Crippen molar-refractivity contribution in [1.29, 1.82) is 0 Å². The van der Waals surface area contributed by atoms with Crippen LogP contribution in [0.2, 0.25) is 0 Å². The minimum Gasteiger partial charge on any atom is -0.475 e. The molecule has 0 spiro atoms. The fourth-order valence-electron chi connectivity index (χ4n) is 2.88. The van der Waals surface area contributed by atoms with Crippen LogP contribution in [0, 0.1) is 0 Å².